The molecule has 3 atom stereocenters. The lowest BCUT2D eigenvalue weighted by molar-refractivity contribution is -0.876. The van der Waals surface area contributed by atoms with Crippen LogP contribution >= 0.6 is 0 Å². The van der Waals surface area contributed by atoms with E-state index in [4.69, 9.17) is 14.2 Å². The summed E-state index contributed by atoms with van der Waals surface area (Å²) >= 11 is 0. The van der Waals surface area contributed by atoms with Crippen molar-refractivity contribution in [1.82, 2.24) is 0 Å². The molecule has 0 spiro atoms. The first-order chi connectivity index (χ1) is 8.87. The van der Waals surface area contributed by atoms with E-state index >= 15 is 0 Å². The molecule has 0 amide bonds. The van der Waals surface area contributed by atoms with Crippen LogP contribution in [-0.4, -0.2) is 89.9 Å². The van der Waals surface area contributed by atoms with Crippen molar-refractivity contribution < 1.29 is 23.8 Å². The third kappa shape index (κ3) is 8.28. The van der Waals surface area contributed by atoms with Crippen molar-refractivity contribution in [2.75, 3.05) is 55.1 Å². The molecular weight excluding hydrogens is 248 g/mol. The fourth-order valence-corrected chi connectivity index (χ4v) is 1.74. The van der Waals surface area contributed by atoms with Crippen molar-refractivity contribution in [2.24, 2.45) is 4.99 Å². The molecule has 0 rings (SSSR count). The van der Waals surface area contributed by atoms with Crippen molar-refractivity contribution in [1.29, 1.82) is 0 Å². The number of hydrogen-bond acceptors (Lipinski definition) is 5. The van der Waals surface area contributed by atoms with Crippen LogP contribution in [-0.2, 0) is 14.2 Å². The van der Waals surface area contributed by atoms with Crippen molar-refractivity contribution in [3.05, 3.63) is 0 Å². The Balaban J connectivity index is 4.51. The summed E-state index contributed by atoms with van der Waals surface area (Å²) < 4.78 is 17.2. The summed E-state index contributed by atoms with van der Waals surface area (Å²) in [4.78, 5) is 3.80. The summed E-state index contributed by atoms with van der Waals surface area (Å²) in [6.45, 7) is 4.58. The molecule has 3 unspecified atom stereocenters. The van der Waals surface area contributed by atoms with E-state index in [1.807, 2.05) is 0 Å². The summed E-state index contributed by atoms with van der Waals surface area (Å²) in [6.07, 6.45) is -0.373. The smallest absolute Gasteiger partial charge is 0.207 e. The molecular formula is C13H29N2O4+. The molecule has 6 nitrogen and oxygen atoms in total. The van der Waals surface area contributed by atoms with Crippen molar-refractivity contribution in [3.8, 4) is 0 Å². The highest BCUT2D eigenvalue weighted by atomic mass is 16.7. The average molecular weight is 277 g/mol. The second-order valence-electron chi connectivity index (χ2n) is 5.51. The first-order valence-electron chi connectivity index (χ1n) is 6.42. The van der Waals surface area contributed by atoms with Crippen LogP contribution in [0.2, 0.25) is 0 Å². The van der Waals surface area contributed by atoms with Crippen LogP contribution in [0.1, 0.15) is 6.42 Å². The van der Waals surface area contributed by atoms with Gasteiger partial charge in [-0.3, -0.25) is 0 Å². The number of nitrogens with zero attached hydrogens (tertiary/aromatic N) is 2. The minimum absolute atomic E-state index is 0.118. The first-order valence-corrected chi connectivity index (χ1v) is 6.42. The van der Waals surface area contributed by atoms with Gasteiger partial charge < -0.3 is 28.8 Å². The zero-order chi connectivity index (χ0) is 14.9. The Kier molecular flexibility index (Phi) is 9.12. The lowest BCUT2D eigenvalue weighted by atomic mass is 10.1. The Labute approximate surface area is 116 Å². The Hall–Kier alpha value is -0.530. The summed E-state index contributed by atoms with van der Waals surface area (Å²) in [5.41, 5.74) is 0. The van der Waals surface area contributed by atoms with Gasteiger partial charge in [0.2, 0.25) is 6.29 Å². The van der Waals surface area contributed by atoms with Gasteiger partial charge in [0.1, 0.15) is 12.6 Å². The van der Waals surface area contributed by atoms with E-state index < -0.39 is 6.10 Å². The predicted molar refractivity (Wildman–Crippen MR) is 75.5 cm³/mol. The number of hydrogen-bond donors (Lipinski definition) is 1. The minimum Gasteiger partial charge on any atom is -0.394 e. The van der Waals surface area contributed by atoms with Gasteiger partial charge in [-0.05, 0) is 13.1 Å². The van der Waals surface area contributed by atoms with Gasteiger partial charge in [0, 0.05) is 20.8 Å². The third-order valence-corrected chi connectivity index (χ3v) is 2.76. The van der Waals surface area contributed by atoms with Crippen LogP contribution in [0.3, 0.4) is 0 Å². The number of aliphatic hydroxyl groups excluding tert-OH is 1. The molecule has 6 heteroatoms. The standard InChI is InChI=1S/C13H29N2O4/c1-14-8-7-11(17-5)12(10-16)19-13(18-6)9-15(2,3)4/h11-13,16H,1,7-10H2,2-6H3/q+1. The molecule has 0 saturated heterocycles. The van der Waals surface area contributed by atoms with E-state index in [9.17, 15) is 5.11 Å². The van der Waals surface area contributed by atoms with Gasteiger partial charge in [-0.2, -0.15) is 0 Å². The van der Waals surface area contributed by atoms with Crippen LogP contribution in [0.25, 0.3) is 0 Å². The fourth-order valence-electron chi connectivity index (χ4n) is 1.74. The van der Waals surface area contributed by atoms with Crippen molar-refractivity contribution >= 4 is 6.72 Å². The highest BCUT2D eigenvalue weighted by molar-refractivity contribution is 5.23. The van der Waals surface area contributed by atoms with Crippen LogP contribution < -0.4 is 0 Å². The zero-order valence-corrected chi connectivity index (χ0v) is 12.8. The van der Waals surface area contributed by atoms with E-state index in [1.165, 1.54) is 0 Å². The Morgan fingerprint density at radius 3 is 2.16 bits per heavy atom. The van der Waals surface area contributed by atoms with Gasteiger partial charge in [-0.25, -0.2) is 0 Å². The number of aliphatic imine (C=N–C) groups is 1. The number of rotatable bonds is 11. The molecule has 1 N–H and O–H groups in total. The van der Waals surface area contributed by atoms with Crippen LogP contribution in [0.5, 0.6) is 0 Å². The Bertz CT molecular complexity index is 243. The number of quaternary nitrogens is 1. The SMILES string of the molecule is C=NCCC(OC)C(CO)OC(C[N+](C)(C)C)OC. The Morgan fingerprint density at radius 2 is 1.79 bits per heavy atom. The summed E-state index contributed by atoms with van der Waals surface area (Å²) in [6, 6.07) is 0. The van der Waals surface area contributed by atoms with Crippen molar-refractivity contribution in [2.45, 2.75) is 24.9 Å². The monoisotopic (exact) mass is 277 g/mol. The first kappa shape index (κ1) is 18.5. The van der Waals surface area contributed by atoms with E-state index in [1.54, 1.807) is 14.2 Å². The summed E-state index contributed by atoms with van der Waals surface area (Å²) in [5.74, 6) is 0. The molecule has 0 saturated carbocycles. The highest BCUT2D eigenvalue weighted by Gasteiger charge is 2.27. The van der Waals surface area contributed by atoms with Crippen molar-refractivity contribution in [3.63, 3.8) is 0 Å². The van der Waals surface area contributed by atoms with Gasteiger partial charge in [-0.15, -0.1) is 0 Å². The predicted octanol–water partition coefficient (Wildman–Crippen LogP) is 0.148. The van der Waals surface area contributed by atoms with Crippen LogP contribution in [0.4, 0.5) is 0 Å². The zero-order valence-electron chi connectivity index (χ0n) is 12.8. The number of ether oxygens (including phenoxy) is 3. The molecule has 0 aliphatic carbocycles. The normalized spacial score (nSPS) is 16.9. The average Bonchev–Trinajstić information content (AvgIpc) is 2.35. The molecule has 0 aromatic rings. The molecule has 0 fully saturated rings. The maximum absolute atomic E-state index is 9.46. The van der Waals surface area contributed by atoms with Gasteiger partial charge >= 0.3 is 0 Å². The van der Waals surface area contributed by atoms with E-state index in [2.05, 4.69) is 32.9 Å². The maximum Gasteiger partial charge on any atom is 0.207 e. The molecule has 0 radical (unpaired) electrons. The number of aliphatic hydroxyl groups is 1. The highest BCUT2D eigenvalue weighted by Crippen LogP contribution is 2.12. The number of methoxy groups -OCH3 is 2. The molecule has 0 aromatic carbocycles. The summed E-state index contributed by atoms with van der Waals surface area (Å²) in [5, 5.41) is 9.46. The van der Waals surface area contributed by atoms with Crippen LogP contribution in [0.15, 0.2) is 4.99 Å². The third-order valence-electron chi connectivity index (χ3n) is 2.76. The Morgan fingerprint density at radius 1 is 1.16 bits per heavy atom. The molecule has 114 valence electrons. The lowest BCUT2D eigenvalue weighted by Crippen LogP contribution is -2.46. The maximum atomic E-state index is 9.46. The molecule has 0 heterocycles. The molecule has 19 heavy (non-hydrogen) atoms. The largest absolute Gasteiger partial charge is 0.394 e. The van der Waals surface area contributed by atoms with Gasteiger partial charge in [0.05, 0.1) is 33.9 Å². The quantitative estimate of drug-likeness (QED) is 0.332. The summed E-state index contributed by atoms with van der Waals surface area (Å²) in [7, 11) is 9.36. The molecule has 0 bridgehead atoms. The molecule has 0 aromatic heterocycles. The second-order valence-corrected chi connectivity index (χ2v) is 5.51. The number of likely N-dealkylation sites (N-methyl/N-ethyl adjacent to an activating group) is 1. The minimum atomic E-state index is -0.428. The molecule has 0 aliphatic rings. The second kappa shape index (κ2) is 9.39. The van der Waals surface area contributed by atoms with Gasteiger partial charge in [0.15, 0.2) is 0 Å². The van der Waals surface area contributed by atoms with Gasteiger partial charge in [-0.1, -0.05) is 0 Å². The van der Waals surface area contributed by atoms with E-state index in [0.717, 1.165) is 0 Å². The topological polar surface area (TPSA) is 60.3 Å². The van der Waals surface area contributed by atoms with Crippen LogP contribution in [0, 0.1) is 0 Å². The fraction of sp³-hybridized carbons (Fsp3) is 0.923. The van der Waals surface area contributed by atoms with E-state index in [-0.39, 0.29) is 19.0 Å². The lowest BCUT2D eigenvalue weighted by Gasteiger charge is -2.32. The van der Waals surface area contributed by atoms with Gasteiger partial charge in [0.25, 0.3) is 0 Å². The molecule has 0 aliphatic heterocycles. The van der Waals surface area contributed by atoms with E-state index in [0.29, 0.717) is 24.0 Å².